The summed E-state index contributed by atoms with van der Waals surface area (Å²) in [6, 6.07) is 0. The van der Waals surface area contributed by atoms with Gasteiger partial charge in [0.05, 0.1) is 0 Å². The summed E-state index contributed by atoms with van der Waals surface area (Å²) >= 11 is 0. The van der Waals surface area contributed by atoms with E-state index in [0.29, 0.717) is 11.5 Å². The molecule has 0 unspecified atom stereocenters. The van der Waals surface area contributed by atoms with Crippen molar-refractivity contribution in [1.82, 2.24) is 5.32 Å². The molecule has 1 N–H and O–H groups in total. The lowest BCUT2D eigenvalue weighted by Gasteiger charge is -2.21. The SMILES string of the molecule is O=C1C=C(C2CCCCC2)C(=O)N1. The summed E-state index contributed by atoms with van der Waals surface area (Å²) in [6.07, 6.45) is 7.23. The first-order valence-corrected chi connectivity index (χ1v) is 4.84. The first-order valence-electron chi connectivity index (χ1n) is 4.84. The number of carbonyl (C=O) groups is 2. The van der Waals surface area contributed by atoms with Gasteiger partial charge < -0.3 is 0 Å². The quantitative estimate of drug-likeness (QED) is 0.614. The van der Waals surface area contributed by atoms with Crippen molar-refractivity contribution in [3.63, 3.8) is 0 Å². The fourth-order valence-electron chi connectivity index (χ4n) is 2.14. The van der Waals surface area contributed by atoms with Gasteiger partial charge in [0.15, 0.2) is 0 Å². The fourth-order valence-corrected chi connectivity index (χ4v) is 2.14. The molecule has 1 aliphatic carbocycles. The summed E-state index contributed by atoms with van der Waals surface area (Å²) in [6.45, 7) is 0. The molecule has 0 saturated heterocycles. The number of carbonyl (C=O) groups excluding carboxylic acids is 2. The molecule has 1 heterocycles. The van der Waals surface area contributed by atoms with Crippen LogP contribution < -0.4 is 5.32 Å². The lowest BCUT2D eigenvalue weighted by atomic mass is 9.84. The number of hydrogen-bond donors (Lipinski definition) is 1. The Labute approximate surface area is 77.2 Å². The van der Waals surface area contributed by atoms with E-state index in [9.17, 15) is 9.59 Å². The monoisotopic (exact) mass is 179 g/mol. The Morgan fingerprint density at radius 2 is 1.85 bits per heavy atom. The highest BCUT2D eigenvalue weighted by atomic mass is 16.2. The van der Waals surface area contributed by atoms with E-state index in [-0.39, 0.29) is 11.8 Å². The molecule has 0 aromatic carbocycles. The minimum atomic E-state index is -0.245. The molecule has 2 aliphatic rings. The molecule has 2 amide bonds. The van der Waals surface area contributed by atoms with Crippen LogP contribution in [0.2, 0.25) is 0 Å². The Hall–Kier alpha value is -1.12. The number of amides is 2. The van der Waals surface area contributed by atoms with Crippen molar-refractivity contribution < 1.29 is 9.59 Å². The average Bonchev–Trinajstić information content (AvgIpc) is 2.47. The number of imide groups is 1. The molecule has 70 valence electrons. The third kappa shape index (κ3) is 1.64. The van der Waals surface area contributed by atoms with E-state index in [1.165, 1.54) is 25.3 Å². The zero-order valence-electron chi connectivity index (χ0n) is 7.51. The maximum atomic E-state index is 11.3. The van der Waals surface area contributed by atoms with Gasteiger partial charge in [0.2, 0.25) is 0 Å². The summed E-state index contributed by atoms with van der Waals surface area (Å²) < 4.78 is 0. The number of nitrogens with one attached hydrogen (secondary N) is 1. The van der Waals surface area contributed by atoms with Crippen LogP contribution in [0.1, 0.15) is 32.1 Å². The molecule has 2 rings (SSSR count). The maximum absolute atomic E-state index is 11.3. The van der Waals surface area contributed by atoms with Crippen molar-refractivity contribution in [3.05, 3.63) is 11.6 Å². The van der Waals surface area contributed by atoms with Crippen molar-refractivity contribution >= 4 is 11.8 Å². The summed E-state index contributed by atoms with van der Waals surface area (Å²) in [5, 5.41) is 2.29. The van der Waals surface area contributed by atoms with Crippen LogP contribution in [0.5, 0.6) is 0 Å². The zero-order chi connectivity index (χ0) is 9.26. The van der Waals surface area contributed by atoms with Crippen LogP contribution in [0, 0.1) is 5.92 Å². The van der Waals surface area contributed by atoms with E-state index in [4.69, 9.17) is 0 Å². The van der Waals surface area contributed by atoms with Gasteiger partial charge in [-0.15, -0.1) is 0 Å². The van der Waals surface area contributed by atoms with Crippen molar-refractivity contribution in [1.29, 1.82) is 0 Å². The maximum Gasteiger partial charge on any atom is 0.254 e. The van der Waals surface area contributed by atoms with Gasteiger partial charge in [-0.3, -0.25) is 14.9 Å². The molecular formula is C10H13NO2. The highest BCUT2D eigenvalue weighted by Gasteiger charge is 2.28. The van der Waals surface area contributed by atoms with Crippen molar-refractivity contribution in [3.8, 4) is 0 Å². The third-order valence-corrected chi connectivity index (χ3v) is 2.83. The molecule has 3 heteroatoms. The fraction of sp³-hybridized carbons (Fsp3) is 0.600. The van der Waals surface area contributed by atoms with E-state index < -0.39 is 0 Å². The molecule has 0 spiro atoms. The van der Waals surface area contributed by atoms with Crippen LogP contribution >= 0.6 is 0 Å². The molecule has 0 aromatic heterocycles. The normalized spacial score (nSPS) is 24.5. The Kier molecular flexibility index (Phi) is 2.17. The minimum absolute atomic E-state index is 0.170. The number of rotatable bonds is 1. The van der Waals surface area contributed by atoms with Crippen LogP contribution in [0.4, 0.5) is 0 Å². The molecule has 13 heavy (non-hydrogen) atoms. The summed E-state index contributed by atoms with van der Waals surface area (Å²) in [5.41, 5.74) is 0.713. The second-order valence-corrected chi connectivity index (χ2v) is 3.75. The van der Waals surface area contributed by atoms with E-state index in [0.717, 1.165) is 12.8 Å². The lowest BCUT2D eigenvalue weighted by molar-refractivity contribution is -0.124. The van der Waals surface area contributed by atoms with Crippen LogP contribution in [0.15, 0.2) is 11.6 Å². The minimum Gasteiger partial charge on any atom is -0.289 e. The molecule has 0 aromatic rings. The van der Waals surface area contributed by atoms with E-state index >= 15 is 0 Å². The Bertz CT molecular complexity index is 275. The third-order valence-electron chi connectivity index (χ3n) is 2.83. The Morgan fingerprint density at radius 3 is 2.38 bits per heavy atom. The first-order chi connectivity index (χ1) is 6.27. The van der Waals surface area contributed by atoms with Gasteiger partial charge >= 0.3 is 0 Å². The van der Waals surface area contributed by atoms with E-state index in [1.807, 2.05) is 0 Å². The smallest absolute Gasteiger partial charge is 0.254 e. The molecule has 0 atom stereocenters. The molecule has 1 aliphatic heterocycles. The van der Waals surface area contributed by atoms with Gasteiger partial charge in [-0.25, -0.2) is 0 Å². The molecular weight excluding hydrogens is 166 g/mol. The summed E-state index contributed by atoms with van der Waals surface area (Å²) in [5.74, 6) is -0.0809. The second-order valence-electron chi connectivity index (χ2n) is 3.75. The molecule has 0 bridgehead atoms. The molecule has 1 fully saturated rings. The highest BCUT2D eigenvalue weighted by Crippen LogP contribution is 2.30. The summed E-state index contributed by atoms with van der Waals surface area (Å²) in [4.78, 5) is 22.2. The first kappa shape index (κ1) is 8.48. The van der Waals surface area contributed by atoms with Crippen molar-refractivity contribution in [2.45, 2.75) is 32.1 Å². The molecule has 0 radical (unpaired) electrons. The predicted molar refractivity (Wildman–Crippen MR) is 47.8 cm³/mol. The summed E-state index contributed by atoms with van der Waals surface area (Å²) in [7, 11) is 0. The predicted octanol–water partition coefficient (Wildman–Crippen LogP) is 1.15. The van der Waals surface area contributed by atoms with Gasteiger partial charge in [0, 0.05) is 11.6 Å². The molecule has 3 nitrogen and oxygen atoms in total. The van der Waals surface area contributed by atoms with E-state index in [2.05, 4.69) is 5.32 Å². The van der Waals surface area contributed by atoms with E-state index in [1.54, 1.807) is 0 Å². The second kappa shape index (κ2) is 3.32. The average molecular weight is 179 g/mol. The van der Waals surface area contributed by atoms with Gasteiger partial charge in [-0.1, -0.05) is 19.3 Å². The molecule has 1 saturated carbocycles. The van der Waals surface area contributed by atoms with Gasteiger partial charge in [0.1, 0.15) is 0 Å². The van der Waals surface area contributed by atoms with Gasteiger partial charge in [0.25, 0.3) is 11.8 Å². The van der Waals surface area contributed by atoms with Crippen LogP contribution in [0.3, 0.4) is 0 Å². The zero-order valence-corrected chi connectivity index (χ0v) is 7.51. The topological polar surface area (TPSA) is 46.2 Å². The Balaban J connectivity index is 2.10. The van der Waals surface area contributed by atoms with Gasteiger partial charge in [-0.05, 0) is 18.8 Å². The Morgan fingerprint density at radius 1 is 1.15 bits per heavy atom. The number of hydrogen-bond acceptors (Lipinski definition) is 2. The van der Waals surface area contributed by atoms with Crippen LogP contribution in [-0.2, 0) is 9.59 Å². The standard InChI is InChI=1S/C10H13NO2/c12-9-6-8(10(13)11-9)7-4-2-1-3-5-7/h6-7H,1-5H2,(H,11,12,13). The highest BCUT2D eigenvalue weighted by molar-refractivity contribution is 6.16. The van der Waals surface area contributed by atoms with Crippen molar-refractivity contribution in [2.24, 2.45) is 5.92 Å². The largest absolute Gasteiger partial charge is 0.289 e. The van der Waals surface area contributed by atoms with Gasteiger partial charge in [-0.2, -0.15) is 0 Å². The van der Waals surface area contributed by atoms with Crippen LogP contribution in [0.25, 0.3) is 0 Å². The lowest BCUT2D eigenvalue weighted by Crippen LogP contribution is -2.24. The van der Waals surface area contributed by atoms with Crippen LogP contribution in [-0.4, -0.2) is 11.8 Å². The van der Waals surface area contributed by atoms with Crippen molar-refractivity contribution in [2.75, 3.05) is 0 Å².